The minimum absolute atomic E-state index is 0.212. The fourth-order valence-electron chi connectivity index (χ4n) is 3.06. The predicted octanol–water partition coefficient (Wildman–Crippen LogP) is 3.43. The molecular formula is C14H19F8NO2. The van der Waals surface area contributed by atoms with Gasteiger partial charge >= 0.3 is 12.1 Å². The van der Waals surface area contributed by atoms with E-state index in [-0.39, 0.29) is 26.3 Å². The van der Waals surface area contributed by atoms with Crippen LogP contribution in [0.2, 0.25) is 0 Å². The van der Waals surface area contributed by atoms with Gasteiger partial charge in [0, 0.05) is 13.1 Å². The van der Waals surface area contributed by atoms with E-state index in [9.17, 15) is 35.1 Å². The quantitative estimate of drug-likeness (QED) is 0.677. The summed E-state index contributed by atoms with van der Waals surface area (Å²) in [4.78, 5) is 1.39. The third-order valence-electron chi connectivity index (χ3n) is 4.65. The number of rotatable bonds is 5. The summed E-state index contributed by atoms with van der Waals surface area (Å²) in [6.45, 7) is 2.09. The fraction of sp³-hybridized carbons (Fsp3) is 1.00. The van der Waals surface area contributed by atoms with E-state index < -0.39 is 55.3 Å². The summed E-state index contributed by atoms with van der Waals surface area (Å²) >= 11 is 0. The molecule has 0 aromatic heterocycles. The van der Waals surface area contributed by atoms with Crippen LogP contribution in [0.25, 0.3) is 0 Å². The van der Waals surface area contributed by atoms with Gasteiger partial charge in [0.1, 0.15) is 12.2 Å². The van der Waals surface area contributed by atoms with Crippen LogP contribution in [0.3, 0.4) is 0 Å². The van der Waals surface area contributed by atoms with Crippen LogP contribution in [0.5, 0.6) is 0 Å². The lowest BCUT2D eigenvalue weighted by Gasteiger charge is -2.39. The van der Waals surface area contributed by atoms with Crippen molar-refractivity contribution >= 4 is 0 Å². The number of hydrogen-bond donors (Lipinski definition) is 0. The molecule has 0 bridgehead atoms. The Kier molecular flexibility index (Phi) is 5.90. The van der Waals surface area contributed by atoms with Crippen LogP contribution in [0.1, 0.15) is 19.8 Å². The summed E-state index contributed by atoms with van der Waals surface area (Å²) < 4.78 is 116. The maximum absolute atomic E-state index is 14.5. The van der Waals surface area contributed by atoms with Crippen LogP contribution in [-0.2, 0) is 9.47 Å². The Labute approximate surface area is 139 Å². The Hall–Kier alpha value is -0.680. The van der Waals surface area contributed by atoms with Crippen LogP contribution >= 0.6 is 0 Å². The van der Waals surface area contributed by atoms with Gasteiger partial charge in [-0.25, -0.2) is 22.0 Å². The van der Waals surface area contributed by atoms with Gasteiger partial charge in [-0.3, -0.25) is 4.90 Å². The number of nitrogens with zero attached hydrogens (tertiary/aromatic N) is 1. The zero-order valence-corrected chi connectivity index (χ0v) is 13.3. The topological polar surface area (TPSA) is 21.7 Å². The Morgan fingerprint density at radius 1 is 0.880 bits per heavy atom. The molecule has 2 saturated heterocycles. The summed E-state index contributed by atoms with van der Waals surface area (Å²) in [5.74, 6) is -8.50. The molecule has 25 heavy (non-hydrogen) atoms. The van der Waals surface area contributed by atoms with Crippen molar-refractivity contribution in [3.05, 3.63) is 0 Å². The first-order valence-corrected chi connectivity index (χ1v) is 7.82. The van der Waals surface area contributed by atoms with Crippen molar-refractivity contribution in [3.8, 4) is 0 Å². The van der Waals surface area contributed by atoms with E-state index in [0.717, 1.165) is 0 Å². The first-order chi connectivity index (χ1) is 11.4. The molecule has 4 atom stereocenters. The van der Waals surface area contributed by atoms with E-state index >= 15 is 0 Å². The van der Waals surface area contributed by atoms with Gasteiger partial charge in [-0.05, 0) is 19.8 Å². The van der Waals surface area contributed by atoms with Crippen LogP contribution in [0, 0.1) is 0 Å². The van der Waals surface area contributed by atoms with Crippen LogP contribution in [-0.4, -0.2) is 73.6 Å². The summed E-state index contributed by atoms with van der Waals surface area (Å²) in [6.07, 6.45) is -16.2. The Bertz CT molecular complexity index is 453. The molecule has 0 radical (unpaired) electrons. The average Bonchev–Trinajstić information content (AvgIpc) is 3.05. The smallest absolute Gasteiger partial charge is 0.379 e. The number of morpholine rings is 1. The van der Waals surface area contributed by atoms with Crippen LogP contribution in [0.4, 0.5) is 35.1 Å². The maximum Gasteiger partial charge on any atom is 0.425 e. The minimum atomic E-state index is -5.80. The highest BCUT2D eigenvalue weighted by molar-refractivity contribution is 4.99. The lowest BCUT2D eigenvalue weighted by molar-refractivity contribution is -0.278. The van der Waals surface area contributed by atoms with E-state index in [1.807, 2.05) is 0 Å². The monoisotopic (exact) mass is 385 g/mol. The highest BCUT2D eigenvalue weighted by Crippen LogP contribution is 2.45. The second kappa shape index (κ2) is 7.15. The molecule has 4 unspecified atom stereocenters. The van der Waals surface area contributed by atoms with Crippen molar-refractivity contribution in [1.82, 2.24) is 4.90 Å². The Balaban J connectivity index is 2.05. The zero-order valence-electron chi connectivity index (χ0n) is 13.3. The third-order valence-corrected chi connectivity index (χ3v) is 4.65. The molecule has 2 aliphatic rings. The first-order valence-electron chi connectivity index (χ1n) is 7.82. The van der Waals surface area contributed by atoms with Crippen molar-refractivity contribution < 1.29 is 44.6 Å². The van der Waals surface area contributed by atoms with Gasteiger partial charge in [0.05, 0.1) is 19.3 Å². The molecule has 0 aromatic rings. The van der Waals surface area contributed by atoms with Gasteiger partial charge in [-0.2, -0.15) is 13.2 Å². The molecular weight excluding hydrogens is 366 g/mol. The Morgan fingerprint density at radius 3 is 1.84 bits per heavy atom. The van der Waals surface area contributed by atoms with E-state index in [4.69, 9.17) is 4.74 Å². The zero-order chi connectivity index (χ0) is 19.0. The number of ether oxygens (including phenoxy) is 2. The summed E-state index contributed by atoms with van der Waals surface area (Å²) in [6, 6.07) is -1.38. The molecule has 0 N–H and O–H groups in total. The van der Waals surface area contributed by atoms with Crippen LogP contribution < -0.4 is 0 Å². The lowest BCUT2D eigenvalue weighted by atomic mass is 9.99. The highest BCUT2D eigenvalue weighted by Gasteiger charge is 2.64. The molecule has 0 saturated carbocycles. The van der Waals surface area contributed by atoms with Gasteiger partial charge in [0.15, 0.2) is 0 Å². The molecule has 148 valence electrons. The molecule has 11 heteroatoms. The van der Waals surface area contributed by atoms with E-state index in [2.05, 4.69) is 4.74 Å². The SMILES string of the molecule is CC(N1CCOCC1)C(F)(F)C1CCC(C(F)(F)C(F)C(F)(F)F)O1. The number of halogens is 8. The maximum atomic E-state index is 14.5. The normalized spacial score (nSPS) is 29.6. The van der Waals surface area contributed by atoms with Gasteiger partial charge in [-0.15, -0.1) is 0 Å². The Morgan fingerprint density at radius 2 is 1.36 bits per heavy atom. The van der Waals surface area contributed by atoms with Gasteiger partial charge in [-0.1, -0.05) is 0 Å². The molecule has 0 aliphatic carbocycles. The standard InChI is InChI=1S/C14H19F8NO2/c1-8(23-4-6-24-7-5-23)12(16,17)9-2-3-10(25-9)13(18,19)11(15)14(20,21)22/h8-11H,2-7H2,1H3. The second-order valence-electron chi connectivity index (χ2n) is 6.27. The van der Waals surface area contributed by atoms with Crippen LogP contribution in [0.15, 0.2) is 0 Å². The van der Waals surface area contributed by atoms with E-state index in [0.29, 0.717) is 0 Å². The average molecular weight is 385 g/mol. The predicted molar refractivity (Wildman–Crippen MR) is 70.6 cm³/mol. The molecule has 2 heterocycles. The molecule has 2 aliphatic heterocycles. The van der Waals surface area contributed by atoms with E-state index in [1.165, 1.54) is 11.8 Å². The molecule has 0 amide bonds. The minimum Gasteiger partial charge on any atom is -0.379 e. The molecule has 0 spiro atoms. The van der Waals surface area contributed by atoms with Crippen molar-refractivity contribution in [1.29, 1.82) is 0 Å². The molecule has 0 aromatic carbocycles. The second-order valence-corrected chi connectivity index (χ2v) is 6.27. The molecule has 2 fully saturated rings. The summed E-state index contributed by atoms with van der Waals surface area (Å²) in [5.41, 5.74) is 0. The largest absolute Gasteiger partial charge is 0.425 e. The summed E-state index contributed by atoms with van der Waals surface area (Å²) in [7, 11) is 0. The van der Waals surface area contributed by atoms with Gasteiger partial charge in [0.2, 0.25) is 0 Å². The van der Waals surface area contributed by atoms with Gasteiger partial charge in [0.25, 0.3) is 12.1 Å². The lowest BCUT2D eigenvalue weighted by Crippen LogP contribution is -2.56. The molecule has 2 rings (SSSR count). The van der Waals surface area contributed by atoms with Gasteiger partial charge < -0.3 is 9.47 Å². The fourth-order valence-corrected chi connectivity index (χ4v) is 3.06. The number of hydrogen-bond acceptors (Lipinski definition) is 3. The van der Waals surface area contributed by atoms with Crippen molar-refractivity contribution in [2.45, 2.75) is 62.2 Å². The van der Waals surface area contributed by atoms with Crippen molar-refractivity contribution in [3.63, 3.8) is 0 Å². The third kappa shape index (κ3) is 4.19. The first kappa shape index (κ1) is 20.6. The number of alkyl halides is 8. The molecule has 3 nitrogen and oxygen atoms in total. The van der Waals surface area contributed by atoms with Crippen molar-refractivity contribution in [2.24, 2.45) is 0 Å². The van der Waals surface area contributed by atoms with Crippen molar-refractivity contribution in [2.75, 3.05) is 26.3 Å². The summed E-state index contributed by atoms with van der Waals surface area (Å²) in [5, 5.41) is 0. The van der Waals surface area contributed by atoms with E-state index in [1.54, 1.807) is 0 Å². The highest BCUT2D eigenvalue weighted by atomic mass is 19.4.